The maximum Gasteiger partial charge on any atom is 0.253 e. The molecule has 0 aliphatic carbocycles. The minimum absolute atomic E-state index is 0.00698. The number of pyridine rings is 1. The molecule has 1 aromatic heterocycles. The molecule has 2 saturated heterocycles. The Labute approximate surface area is 152 Å². The van der Waals surface area contributed by atoms with Crippen LogP contribution in [0.15, 0.2) is 12.3 Å². The van der Waals surface area contributed by atoms with Crippen molar-refractivity contribution >= 4 is 23.3 Å². The number of anilines is 2. The molecule has 4 heterocycles. The van der Waals surface area contributed by atoms with Crippen molar-refractivity contribution < 1.29 is 19.1 Å². The van der Waals surface area contributed by atoms with Gasteiger partial charge in [0.1, 0.15) is 5.82 Å². The molecule has 0 radical (unpaired) electrons. The number of amides is 2. The fraction of sp³-hybridized carbons (Fsp3) is 0.611. The zero-order chi connectivity index (χ0) is 17.9. The van der Waals surface area contributed by atoms with Crippen molar-refractivity contribution in [1.82, 2.24) is 10.3 Å². The van der Waals surface area contributed by atoms with Crippen molar-refractivity contribution in [2.24, 2.45) is 5.92 Å². The molecule has 0 saturated carbocycles. The highest BCUT2D eigenvalue weighted by molar-refractivity contribution is 6.04. The van der Waals surface area contributed by atoms with Gasteiger partial charge in [0.15, 0.2) is 0 Å². The van der Waals surface area contributed by atoms with E-state index in [2.05, 4.69) is 15.6 Å². The Morgan fingerprint density at radius 3 is 2.85 bits per heavy atom. The van der Waals surface area contributed by atoms with Crippen LogP contribution in [0.25, 0.3) is 0 Å². The van der Waals surface area contributed by atoms with Crippen molar-refractivity contribution in [3.63, 3.8) is 0 Å². The molecule has 1 aromatic rings. The monoisotopic (exact) mass is 360 g/mol. The second kappa shape index (κ2) is 7.59. The van der Waals surface area contributed by atoms with Gasteiger partial charge in [-0.3, -0.25) is 9.59 Å². The summed E-state index contributed by atoms with van der Waals surface area (Å²) in [5.41, 5.74) is 1.15. The molecule has 26 heavy (non-hydrogen) atoms. The van der Waals surface area contributed by atoms with Crippen LogP contribution in [0.1, 0.15) is 29.6 Å². The normalized spacial score (nSPS) is 23.5. The summed E-state index contributed by atoms with van der Waals surface area (Å²) in [5.74, 6) is 0.886. The van der Waals surface area contributed by atoms with Crippen molar-refractivity contribution in [3.05, 3.63) is 17.8 Å². The number of carbonyl (C=O) groups is 2. The third-order valence-electron chi connectivity index (χ3n) is 5.18. The van der Waals surface area contributed by atoms with E-state index in [-0.39, 0.29) is 24.4 Å². The van der Waals surface area contributed by atoms with Crippen LogP contribution in [-0.4, -0.2) is 62.4 Å². The first-order valence-electron chi connectivity index (χ1n) is 9.21. The van der Waals surface area contributed by atoms with Gasteiger partial charge in [0, 0.05) is 32.6 Å². The predicted octanol–water partition coefficient (Wildman–Crippen LogP) is 0.785. The van der Waals surface area contributed by atoms with Crippen LogP contribution >= 0.6 is 0 Å². The fourth-order valence-electron chi connectivity index (χ4n) is 3.61. The third-order valence-corrected chi connectivity index (χ3v) is 5.18. The average Bonchev–Trinajstić information content (AvgIpc) is 3.17. The van der Waals surface area contributed by atoms with Gasteiger partial charge in [-0.2, -0.15) is 0 Å². The van der Waals surface area contributed by atoms with Crippen LogP contribution in [0.4, 0.5) is 11.5 Å². The molecule has 1 unspecified atom stereocenters. The van der Waals surface area contributed by atoms with Crippen LogP contribution in [-0.2, 0) is 14.3 Å². The van der Waals surface area contributed by atoms with Crippen LogP contribution in [0, 0.1) is 5.92 Å². The van der Waals surface area contributed by atoms with Gasteiger partial charge in [0.2, 0.25) is 5.91 Å². The van der Waals surface area contributed by atoms with Crippen LogP contribution in [0.3, 0.4) is 0 Å². The Morgan fingerprint density at radius 2 is 2.08 bits per heavy atom. The summed E-state index contributed by atoms with van der Waals surface area (Å²) in [6.07, 6.45) is 4.27. The van der Waals surface area contributed by atoms with Gasteiger partial charge >= 0.3 is 0 Å². The number of ether oxygens (including phenoxy) is 2. The lowest BCUT2D eigenvalue weighted by Crippen LogP contribution is -2.44. The van der Waals surface area contributed by atoms with E-state index in [1.165, 1.54) is 0 Å². The van der Waals surface area contributed by atoms with E-state index >= 15 is 0 Å². The molecule has 8 nitrogen and oxygen atoms in total. The van der Waals surface area contributed by atoms with Gasteiger partial charge in [0.05, 0.1) is 30.4 Å². The Bertz CT molecular complexity index is 684. The largest absolute Gasteiger partial charge is 0.381 e. The standard InChI is InChI=1S/C18H24N4O4/c23-16-9-20-17-15(22(16)10-12-1-4-25-5-2-12)7-13(8-19-17)18(24)21-14-3-6-26-11-14/h7-8,12,14H,1-6,9-11H2,(H,19,20)(H,21,24). The van der Waals surface area contributed by atoms with Gasteiger partial charge in [0.25, 0.3) is 5.91 Å². The van der Waals surface area contributed by atoms with Crippen LogP contribution < -0.4 is 15.5 Å². The lowest BCUT2D eigenvalue weighted by Gasteiger charge is -2.33. The van der Waals surface area contributed by atoms with Crippen LogP contribution in [0.5, 0.6) is 0 Å². The Kier molecular flexibility index (Phi) is 5.03. The molecule has 8 heteroatoms. The smallest absolute Gasteiger partial charge is 0.253 e. The molecule has 0 aromatic carbocycles. The number of nitrogens with one attached hydrogen (secondary N) is 2. The molecule has 3 aliphatic rings. The summed E-state index contributed by atoms with van der Waals surface area (Å²) in [4.78, 5) is 31.1. The molecule has 2 fully saturated rings. The van der Waals surface area contributed by atoms with Gasteiger partial charge in [-0.1, -0.05) is 0 Å². The maximum atomic E-state index is 12.5. The first-order valence-corrected chi connectivity index (χ1v) is 9.21. The molecular formula is C18H24N4O4. The first kappa shape index (κ1) is 17.2. The number of rotatable bonds is 4. The van der Waals surface area contributed by atoms with Crippen molar-refractivity contribution in [2.45, 2.75) is 25.3 Å². The Morgan fingerprint density at radius 1 is 1.27 bits per heavy atom. The molecular weight excluding hydrogens is 336 g/mol. The van der Waals surface area contributed by atoms with E-state index in [4.69, 9.17) is 9.47 Å². The van der Waals surface area contributed by atoms with Gasteiger partial charge in [-0.05, 0) is 31.2 Å². The molecule has 1 atom stereocenters. The summed E-state index contributed by atoms with van der Waals surface area (Å²) in [7, 11) is 0. The lowest BCUT2D eigenvalue weighted by molar-refractivity contribution is -0.117. The van der Waals surface area contributed by atoms with Gasteiger partial charge < -0.3 is 25.0 Å². The third kappa shape index (κ3) is 3.66. The van der Waals surface area contributed by atoms with Gasteiger partial charge in [-0.25, -0.2) is 4.98 Å². The highest BCUT2D eigenvalue weighted by Crippen LogP contribution is 2.30. The van der Waals surface area contributed by atoms with E-state index in [0.29, 0.717) is 42.7 Å². The van der Waals surface area contributed by atoms with E-state index in [1.54, 1.807) is 17.2 Å². The summed E-state index contributed by atoms with van der Waals surface area (Å²) in [5, 5.41) is 6.01. The number of aromatic nitrogens is 1. The molecule has 3 aliphatic heterocycles. The number of fused-ring (bicyclic) bond motifs is 1. The second-order valence-corrected chi connectivity index (χ2v) is 7.04. The highest BCUT2D eigenvalue weighted by Gasteiger charge is 2.29. The SMILES string of the molecule is O=C(NC1CCOC1)c1cnc2c(c1)N(CC1CCOCC1)C(=O)CN2. The molecule has 0 spiro atoms. The number of carbonyl (C=O) groups excluding carboxylic acids is 2. The summed E-state index contributed by atoms with van der Waals surface area (Å²) >= 11 is 0. The topological polar surface area (TPSA) is 92.8 Å². The summed E-state index contributed by atoms with van der Waals surface area (Å²) in [6.45, 7) is 3.56. The van der Waals surface area contributed by atoms with Gasteiger partial charge in [-0.15, -0.1) is 0 Å². The highest BCUT2D eigenvalue weighted by atomic mass is 16.5. The van der Waals surface area contributed by atoms with E-state index in [9.17, 15) is 9.59 Å². The van der Waals surface area contributed by atoms with Crippen molar-refractivity contribution in [2.75, 3.05) is 49.7 Å². The zero-order valence-corrected chi connectivity index (χ0v) is 14.7. The van der Waals surface area contributed by atoms with Crippen molar-refractivity contribution in [1.29, 1.82) is 0 Å². The molecule has 140 valence electrons. The fourth-order valence-corrected chi connectivity index (χ4v) is 3.61. The van der Waals surface area contributed by atoms with E-state index in [1.807, 2.05) is 0 Å². The first-order chi connectivity index (χ1) is 12.7. The summed E-state index contributed by atoms with van der Waals surface area (Å²) in [6, 6.07) is 1.80. The molecule has 0 bridgehead atoms. The molecule has 2 N–H and O–H groups in total. The average molecular weight is 360 g/mol. The van der Waals surface area contributed by atoms with E-state index in [0.717, 1.165) is 32.5 Å². The van der Waals surface area contributed by atoms with Crippen LogP contribution in [0.2, 0.25) is 0 Å². The van der Waals surface area contributed by atoms with Crippen molar-refractivity contribution in [3.8, 4) is 0 Å². The second-order valence-electron chi connectivity index (χ2n) is 7.04. The summed E-state index contributed by atoms with van der Waals surface area (Å²) < 4.78 is 10.7. The molecule has 4 rings (SSSR count). The molecule has 2 amide bonds. The maximum absolute atomic E-state index is 12.5. The number of hydrogen-bond acceptors (Lipinski definition) is 6. The quantitative estimate of drug-likeness (QED) is 0.825. The zero-order valence-electron chi connectivity index (χ0n) is 14.7. The lowest BCUT2D eigenvalue weighted by atomic mass is 9.99. The Hall–Kier alpha value is -2.19. The minimum atomic E-state index is -0.181. The van der Waals surface area contributed by atoms with E-state index < -0.39 is 0 Å². The predicted molar refractivity (Wildman–Crippen MR) is 95.3 cm³/mol. The minimum Gasteiger partial charge on any atom is -0.381 e. The number of hydrogen-bond donors (Lipinski definition) is 2. The number of nitrogens with zero attached hydrogens (tertiary/aromatic N) is 2. The Balaban J connectivity index is 1.53.